The number of hydrogen-bond acceptors (Lipinski definition) is 5. The number of hydrogen-bond donors (Lipinski definition) is 1. The third-order valence-electron chi connectivity index (χ3n) is 7.19. The second-order valence-corrected chi connectivity index (χ2v) is 10.1. The van der Waals surface area contributed by atoms with E-state index in [0.29, 0.717) is 41.4 Å². The molecule has 4 aromatic rings. The van der Waals surface area contributed by atoms with E-state index in [0.717, 1.165) is 25.0 Å². The number of rotatable bonds is 7. The van der Waals surface area contributed by atoms with E-state index >= 15 is 0 Å². The lowest BCUT2D eigenvalue weighted by molar-refractivity contribution is -0.137. The van der Waals surface area contributed by atoms with Crippen molar-refractivity contribution in [2.24, 2.45) is 5.92 Å². The Balaban J connectivity index is 1.18. The predicted octanol–water partition coefficient (Wildman–Crippen LogP) is 7.29. The molecule has 1 aliphatic carbocycles. The smallest absolute Gasteiger partial charge is 0.417 e. The van der Waals surface area contributed by atoms with Crippen molar-refractivity contribution in [2.75, 3.05) is 18.0 Å². The van der Waals surface area contributed by atoms with Crippen LogP contribution in [0.5, 0.6) is 0 Å². The largest absolute Gasteiger partial charge is 0.478 e. The van der Waals surface area contributed by atoms with Gasteiger partial charge < -0.3 is 14.5 Å². The van der Waals surface area contributed by atoms with Crippen LogP contribution in [0.1, 0.15) is 46.0 Å². The van der Waals surface area contributed by atoms with Crippen molar-refractivity contribution in [1.29, 1.82) is 0 Å². The van der Waals surface area contributed by atoms with Crippen molar-refractivity contribution in [3.05, 3.63) is 95.1 Å². The maximum Gasteiger partial charge on any atom is 0.417 e. The van der Waals surface area contributed by atoms with Crippen molar-refractivity contribution in [1.82, 2.24) is 10.1 Å². The van der Waals surface area contributed by atoms with Gasteiger partial charge in [-0.1, -0.05) is 35.5 Å². The standard InChI is InChI=1S/C30H23F4N3O3/c31-22-12-20(11-21(13-22)29(38)39)19-8-10-26(35-14-19)37-15-17(16-37)5-9-24-27(36-40-28(24)18-6-7-18)23-3-1-2-4-25(23)30(32,33)34/h1-5,8-14,17-18H,6-7,15-16H2,(H,38,39)/b9-5+. The predicted molar refractivity (Wildman–Crippen MR) is 140 cm³/mol. The minimum atomic E-state index is -4.51. The van der Waals surface area contributed by atoms with Gasteiger partial charge in [-0.2, -0.15) is 13.2 Å². The number of aromatic carboxylic acids is 1. The highest BCUT2D eigenvalue weighted by atomic mass is 19.4. The van der Waals surface area contributed by atoms with Gasteiger partial charge in [-0.25, -0.2) is 14.2 Å². The zero-order valence-electron chi connectivity index (χ0n) is 21.0. The van der Waals surface area contributed by atoms with E-state index in [9.17, 15) is 27.5 Å². The van der Waals surface area contributed by atoms with Crippen molar-refractivity contribution >= 4 is 17.9 Å². The fraction of sp³-hybridized carbons (Fsp3) is 0.233. The first-order valence-electron chi connectivity index (χ1n) is 12.8. The van der Waals surface area contributed by atoms with Crippen LogP contribution in [0, 0.1) is 11.7 Å². The first kappa shape index (κ1) is 25.8. The number of carboxylic acid groups (broad SMARTS) is 1. The van der Waals surface area contributed by atoms with Crippen LogP contribution in [-0.2, 0) is 6.18 Å². The van der Waals surface area contributed by atoms with E-state index in [4.69, 9.17) is 4.52 Å². The van der Waals surface area contributed by atoms with Crippen molar-refractivity contribution in [3.8, 4) is 22.4 Å². The number of anilines is 1. The number of benzene rings is 2. The Morgan fingerprint density at radius 3 is 2.50 bits per heavy atom. The number of carbonyl (C=O) groups is 1. The molecule has 10 heteroatoms. The second-order valence-electron chi connectivity index (χ2n) is 10.1. The van der Waals surface area contributed by atoms with Gasteiger partial charge in [0.2, 0.25) is 0 Å². The molecular weight excluding hydrogens is 526 g/mol. The minimum absolute atomic E-state index is 0.00130. The van der Waals surface area contributed by atoms with E-state index in [1.165, 1.54) is 24.3 Å². The molecule has 1 aliphatic heterocycles. The van der Waals surface area contributed by atoms with Gasteiger partial charge >= 0.3 is 12.1 Å². The molecule has 0 unspecified atom stereocenters. The van der Waals surface area contributed by atoms with E-state index in [2.05, 4.69) is 10.1 Å². The number of alkyl halides is 3. The summed E-state index contributed by atoms with van der Waals surface area (Å²) in [5.41, 5.74) is 0.914. The van der Waals surface area contributed by atoms with Gasteiger partial charge in [0.25, 0.3) is 0 Å². The number of halogens is 4. The molecule has 204 valence electrons. The monoisotopic (exact) mass is 549 g/mol. The Morgan fingerprint density at radius 1 is 1.05 bits per heavy atom. The Bertz CT molecular complexity index is 1600. The summed E-state index contributed by atoms with van der Waals surface area (Å²) in [5.74, 6) is -0.192. The zero-order chi connectivity index (χ0) is 28.0. The Labute approximate surface area is 226 Å². The second kappa shape index (κ2) is 9.93. The molecule has 0 atom stereocenters. The molecule has 2 fully saturated rings. The highest BCUT2D eigenvalue weighted by Crippen LogP contribution is 2.46. The van der Waals surface area contributed by atoms with Crippen LogP contribution in [0.25, 0.3) is 28.5 Å². The summed E-state index contributed by atoms with van der Waals surface area (Å²) < 4.78 is 60.5. The lowest BCUT2D eigenvalue weighted by Crippen LogP contribution is -2.46. The van der Waals surface area contributed by atoms with Gasteiger partial charge in [0.15, 0.2) is 0 Å². The molecular formula is C30H23F4N3O3. The molecule has 2 aromatic carbocycles. The minimum Gasteiger partial charge on any atom is -0.478 e. The number of carboxylic acids is 1. The third kappa shape index (κ3) is 5.09. The molecule has 0 amide bonds. The highest BCUT2D eigenvalue weighted by molar-refractivity contribution is 5.89. The van der Waals surface area contributed by atoms with Crippen LogP contribution in [0.4, 0.5) is 23.4 Å². The number of aromatic nitrogens is 2. The molecule has 0 spiro atoms. The molecule has 2 aromatic heterocycles. The third-order valence-corrected chi connectivity index (χ3v) is 7.19. The molecule has 0 bridgehead atoms. The molecule has 1 N–H and O–H groups in total. The molecule has 6 nitrogen and oxygen atoms in total. The van der Waals surface area contributed by atoms with Gasteiger partial charge in [-0.05, 0) is 54.8 Å². The molecule has 3 heterocycles. The van der Waals surface area contributed by atoms with Gasteiger partial charge in [0, 0.05) is 47.8 Å². The average molecular weight is 550 g/mol. The Hall–Kier alpha value is -4.47. The normalized spacial score (nSPS) is 15.9. The highest BCUT2D eigenvalue weighted by Gasteiger charge is 2.37. The molecule has 6 rings (SSSR count). The van der Waals surface area contributed by atoms with E-state index in [-0.39, 0.29) is 28.7 Å². The van der Waals surface area contributed by atoms with E-state index < -0.39 is 23.5 Å². The Kier molecular flexibility index (Phi) is 6.40. The topological polar surface area (TPSA) is 79.5 Å². The van der Waals surface area contributed by atoms with Gasteiger partial charge in [0.1, 0.15) is 23.1 Å². The van der Waals surface area contributed by atoms with Gasteiger partial charge in [-0.3, -0.25) is 0 Å². The van der Waals surface area contributed by atoms with Crippen LogP contribution >= 0.6 is 0 Å². The SMILES string of the molecule is O=C(O)c1cc(F)cc(-c2ccc(N3CC(/C=C/c4c(-c5ccccc5C(F)(F)F)noc4C4CC4)C3)nc2)c1. The Morgan fingerprint density at radius 2 is 1.82 bits per heavy atom. The van der Waals surface area contributed by atoms with Crippen LogP contribution in [-0.4, -0.2) is 34.3 Å². The van der Waals surface area contributed by atoms with E-state index in [1.807, 2.05) is 17.1 Å². The summed E-state index contributed by atoms with van der Waals surface area (Å²) in [6.45, 7) is 1.31. The fourth-order valence-corrected chi connectivity index (χ4v) is 4.92. The molecule has 2 aliphatic rings. The number of pyridine rings is 1. The summed E-state index contributed by atoms with van der Waals surface area (Å²) in [6, 6.07) is 12.6. The summed E-state index contributed by atoms with van der Waals surface area (Å²) in [7, 11) is 0. The van der Waals surface area contributed by atoms with Crippen molar-refractivity contribution in [3.63, 3.8) is 0 Å². The lowest BCUT2D eigenvalue weighted by Gasteiger charge is -2.38. The maximum atomic E-state index is 13.9. The van der Waals surface area contributed by atoms with Crippen LogP contribution in [0.3, 0.4) is 0 Å². The summed E-state index contributed by atoms with van der Waals surface area (Å²) >= 11 is 0. The van der Waals surface area contributed by atoms with Gasteiger partial charge in [-0.15, -0.1) is 0 Å². The summed E-state index contributed by atoms with van der Waals surface area (Å²) in [4.78, 5) is 17.7. The molecule has 40 heavy (non-hydrogen) atoms. The molecule has 1 saturated carbocycles. The quantitative estimate of drug-likeness (QED) is 0.244. The zero-order valence-corrected chi connectivity index (χ0v) is 21.0. The average Bonchev–Trinajstić information content (AvgIpc) is 3.66. The van der Waals surface area contributed by atoms with Crippen LogP contribution < -0.4 is 4.90 Å². The van der Waals surface area contributed by atoms with Crippen molar-refractivity contribution < 1.29 is 32.0 Å². The molecule has 1 saturated heterocycles. The summed E-state index contributed by atoms with van der Waals surface area (Å²) in [5, 5.41) is 13.2. The van der Waals surface area contributed by atoms with E-state index in [1.54, 1.807) is 24.4 Å². The fourth-order valence-electron chi connectivity index (χ4n) is 4.92. The molecule has 0 radical (unpaired) electrons. The van der Waals surface area contributed by atoms with Crippen LogP contribution in [0.2, 0.25) is 0 Å². The van der Waals surface area contributed by atoms with Crippen LogP contribution in [0.15, 0.2) is 71.4 Å². The maximum absolute atomic E-state index is 13.9. The van der Waals surface area contributed by atoms with Crippen molar-refractivity contribution in [2.45, 2.75) is 24.9 Å². The first-order valence-corrected chi connectivity index (χ1v) is 12.8. The lowest BCUT2D eigenvalue weighted by atomic mass is 9.95. The van der Waals surface area contributed by atoms with Gasteiger partial charge in [0.05, 0.1) is 11.1 Å². The number of nitrogens with zero attached hydrogens (tertiary/aromatic N) is 3. The summed E-state index contributed by atoms with van der Waals surface area (Å²) in [6.07, 6.45) is 2.70. The first-order chi connectivity index (χ1) is 19.2.